The lowest BCUT2D eigenvalue weighted by Crippen LogP contribution is -2.24. The van der Waals surface area contributed by atoms with Gasteiger partial charge < -0.3 is 5.73 Å². The monoisotopic (exact) mass is 235 g/mol. The third-order valence-corrected chi connectivity index (χ3v) is 2.69. The molecule has 2 N–H and O–H groups in total. The van der Waals surface area contributed by atoms with Gasteiger partial charge in [0.2, 0.25) is 5.13 Å². The van der Waals surface area contributed by atoms with Crippen LogP contribution in [0.25, 0.3) is 0 Å². The van der Waals surface area contributed by atoms with E-state index in [2.05, 4.69) is 5.10 Å². The van der Waals surface area contributed by atoms with E-state index in [-0.39, 0.29) is 5.13 Å². The molecule has 6 heteroatoms. The normalized spacial score (nSPS) is 10.3. The third-order valence-electron chi connectivity index (χ3n) is 2.05. The molecular weight excluding hydrogens is 226 g/mol. The zero-order valence-electron chi connectivity index (χ0n) is 8.51. The summed E-state index contributed by atoms with van der Waals surface area (Å²) in [6.07, 6.45) is 0. The Bertz CT molecular complexity index is 583. The molecular formula is C10H9N3O2S. The number of hydrogen-bond acceptors (Lipinski definition) is 5. The molecule has 0 amide bonds. The number of hydrogen-bond donors (Lipinski definition) is 1. The van der Waals surface area contributed by atoms with Crippen molar-refractivity contribution in [2.24, 2.45) is 0 Å². The maximum atomic E-state index is 11.8. The van der Waals surface area contributed by atoms with E-state index in [1.807, 2.05) is 6.92 Å². The number of nitrogens with two attached hydrogens (primary N) is 1. The van der Waals surface area contributed by atoms with Gasteiger partial charge in [0.1, 0.15) is 0 Å². The molecule has 0 atom stereocenters. The Labute approximate surface area is 95.1 Å². The van der Waals surface area contributed by atoms with Gasteiger partial charge in [-0.3, -0.25) is 9.59 Å². The van der Waals surface area contributed by atoms with Crippen LogP contribution >= 0.6 is 11.3 Å². The smallest absolute Gasteiger partial charge is 0.334 e. The number of nitrogens with zero attached hydrogens (tertiary/aromatic N) is 2. The fraction of sp³-hybridized carbons (Fsp3) is 0.100. The Morgan fingerprint density at radius 2 is 2.00 bits per heavy atom. The molecule has 1 aromatic carbocycles. The van der Waals surface area contributed by atoms with Crippen molar-refractivity contribution in [3.63, 3.8) is 0 Å². The lowest BCUT2D eigenvalue weighted by atomic mass is 10.1. The number of aromatic nitrogens is 2. The highest BCUT2D eigenvalue weighted by atomic mass is 32.1. The second-order valence-corrected chi connectivity index (χ2v) is 4.26. The second-order valence-electron chi connectivity index (χ2n) is 3.29. The highest BCUT2D eigenvalue weighted by Gasteiger charge is 2.13. The van der Waals surface area contributed by atoms with Crippen LogP contribution in [-0.4, -0.2) is 15.7 Å². The molecule has 0 saturated carbocycles. The van der Waals surface area contributed by atoms with Crippen LogP contribution in [0.15, 0.2) is 29.1 Å². The molecule has 0 aliphatic rings. The van der Waals surface area contributed by atoms with Gasteiger partial charge >= 0.3 is 4.87 Å². The van der Waals surface area contributed by atoms with Crippen molar-refractivity contribution >= 4 is 22.4 Å². The number of rotatable bonds is 1. The fourth-order valence-electron chi connectivity index (χ4n) is 1.24. The Hall–Kier alpha value is -1.95. The fourth-order valence-corrected chi connectivity index (χ4v) is 1.75. The summed E-state index contributed by atoms with van der Waals surface area (Å²) in [5.41, 5.74) is 6.81. The summed E-state index contributed by atoms with van der Waals surface area (Å²) >= 11 is 0.749. The first-order valence-corrected chi connectivity index (χ1v) is 5.36. The van der Waals surface area contributed by atoms with E-state index in [0.29, 0.717) is 5.56 Å². The van der Waals surface area contributed by atoms with Crippen molar-refractivity contribution in [2.75, 3.05) is 5.73 Å². The molecule has 0 unspecified atom stereocenters. The minimum Gasteiger partial charge on any atom is -0.374 e. The van der Waals surface area contributed by atoms with E-state index in [1.54, 1.807) is 24.3 Å². The molecule has 16 heavy (non-hydrogen) atoms. The minimum absolute atomic E-state index is 0.0884. The molecule has 1 heterocycles. The van der Waals surface area contributed by atoms with Crippen LogP contribution < -0.4 is 10.6 Å². The van der Waals surface area contributed by atoms with Gasteiger partial charge in [0.05, 0.1) is 0 Å². The largest absolute Gasteiger partial charge is 0.374 e. The highest BCUT2D eigenvalue weighted by molar-refractivity contribution is 7.12. The van der Waals surface area contributed by atoms with Crippen LogP contribution in [0.4, 0.5) is 5.13 Å². The number of carbonyl (C=O) groups excluding carboxylic acids is 1. The molecule has 0 aliphatic heterocycles. The summed E-state index contributed by atoms with van der Waals surface area (Å²) in [6.45, 7) is 1.92. The van der Waals surface area contributed by atoms with Gasteiger partial charge in [0.15, 0.2) is 0 Å². The van der Waals surface area contributed by atoms with Gasteiger partial charge in [-0.05, 0) is 30.4 Å². The zero-order chi connectivity index (χ0) is 11.7. The molecule has 0 saturated heterocycles. The first-order valence-electron chi connectivity index (χ1n) is 4.55. The zero-order valence-corrected chi connectivity index (χ0v) is 9.32. The predicted molar refractivity (Wildman–Crippen MR) is 61.7 cm³/mol. The summed E-state index contributed by atoms with van der Waals surface area (Å²) in [5, 5.41) is 3.75. The van der Waals surface area contributed by atoms with E-state index in [1.165, 1.54) is 0 Å². The summed E-state index contributed by atoms with van der Waals surface area (Å²) in [4.78, 5) is 22.7. The minimum atomic E-state index is -0.469. The summed E-state index contributed by atoms with van der Waals surface area (Å²) < 4.78 is 0.782. The molecule has 5 nitrogen and oxygen atoms in total. The van der Waals surface area contributed by atoms with Crippen molar-refractivity contribution in [2.45, 2.75) is 6.92 Å². The van der Waals surface area contributed by atoms with Gasteiger partial charge in [0.25, 0.3) is 5.91 Å². The summed E-state index contributed by atoms with van der Waals surface area (Å²) in [7, 11) is 0. The first kappa shape index (κ1) is 10.6. The molecule has 0 fully saturated rings. The van der Waals surface area contributed by atoms with E-state index in [9.17, 15) is 9.59 Å². The van der Waals surface area contributed by atoms with Gasteiger partial charge in [-0.25, -0.2) is 0 Å². The molecule has 0 bridgehead atoms. The SMILES string of the molecule is Cc1ccc(C(=O)n2nc(N)sc2=O)cc1. The number of aryl methyl sites for hydroxylation is 1. The highest BCUT2D eigenvalue weighted by Crippen LogP contribution is 2.06. The molecule has 2 aromatic rings. The van der Waals surface area contributed by atoms with Gasteiger partial charge in [-0.2, -0.15) is 0 Å². The number of benzene rings is 1. The van der Waals surface area contributed by atoms with E-state index in [4.69, 9.17) is 5.73 Å². The van der Waals surface area contributed by atoms with Crippen LogP contribution in [0, 0.1) is 6.92 Å². The lowest BCUT2D eigenvalue weighted by Gasteiger charge is -1.99. The molecule has 1 aromatic heterocycles. The van der Waals surface area contributed by atoms with Crippen molar-refractivity contribution in [3.05, 3.63) is 45.1 Å². The second kappa shape index (κ2) is 3.90. The molecule has 0 spiro atoms. The standard InChI is InChI=1S/C10H9N3O2S/c1-6-2-4-7(5-3-6)8(14)13-10(15)16-9(11)12-13/h2-5H,1H3,(H2,11,12). The topological polar surface area (TPSA) is 78.0 Å². The molecule has 82 valence electrons. The van der Waals surface area contributed by atoms with Gasteiger partial charge in [0, 0.05) is 5.56 Å². The van der Waals surface area contributed by atoms with E-state index < -0.39 is 10.8 Å². The lowest BCUT2D eigenvalue weighted by molar-refractivity contribution is 0.0942. The Balaban J connectivity index is 2.43. The Morgan fingerprint density at radius 3 is 2.50 bits per heavy atom. The maximum absolute atomic E-state index is 11.8. The van der Waals surface area contributed by atoms with Crippen LogP contribution in [0.3, 0.4) is 0 Å². The van der Waals surface area contributed by atoms with Crippen LogP contribution in [0.2, 0.25) is 0 Å². The Kier molecular flexibility index (Phi) is 2.57. The van der Waals surface area contributed by atoms with Gasteiger partial charge in [-0.15, -0.1) is 9.78 Å². The predicted octanol–water partition coefficient (Wildman–Crippen LogP) is 0.884. The number of carbonyl (C=O) groups is 1. The van der Waals surface area contributed by atoms with Crippen molar-refractivity contribution in [1.29, 1.82) is 0 Å². The number of nitrogen functional groups attached to an aromatic ring is 1. The number of anilines is 1. The van der Waals surface area contributed by atoms with Crippen molar-refractivity contribution in [1.82, 2.24) is 9.78 Å². The molecule has 0 aliphatic carbocycles. The molecule has 2 rings (SSSR count). The third kappa shape index (κ3) is 1.87. The van der Waals surface area contributed by atoms with Crippen molar-refractivity contribution in [3.8, 4) is 0 Å². The quantitative estimate of drug-likeness (QED) is 0.796. The maximum Gasteiger partial charge on any atom is 0.334 e. The average Bonchev–Trinajstić information content (AvgIpc) is 2.58. The van der Waals surface area contributed by atoms with Gasteiger partial charge in [-0.1, -0.05) is 17.7 Å². The van der Waals surface area contributed by atoms with E-state index in [0.717, 1.165) is 21.6 Å². The van der Waals surface area contributed by atoms with Crippen LogP contribution in [0.5, 0.6) is 0 Å². The van der Waals surface area contributed by atoms with E-state index >= 15 is 0 Å². The Morgan fingerprint density at radius 1 is 1.38 bits per heavy atom. The van der Waals surface area contributed by atoms with Crippen LogP contribution in [-0.2, 0) is 0 Å². The molecule has 0 radical (unpaired) electrons. The summed E-state index contributed by atoms with van der Waals surface area (Å²) in [5.74, 6) is -0.460. The van der Waals surface area contributed by atoms with Crippen molar-refractivity contribution < 1.29 is 4.79 Å². The first-order chi connectivity index (χ1) is 7.58. The summed E-state index contributed by atoms with van der Waals surface area (Å²) in [6, 6.07) is 6.90. The van der Waals surface area contributed by atoms with Crippen LogP contribution in [0.1, 0.15) is 15.9 Å². The average molecular weight is 235 g/mol.